The Labute approximate surface area is 122 Å². The molecule has 3 aromatic rings. The van der Waals surface area contributed by atoms with Gasteiger partial charge in [0, 0.05) is 10.7 Å². The molecule has 0 aliphatic rings. The van der Waals surface area contributed by atoms with E-state index in [0.29, 0.717) is 5.56 Å². The van der Waals surface area contributed by atoms with Crippen LogP contribution in [0.3, 0.4) is 0 Å². The van der Waals surface area contributed by atoms with Crippen LogP contribution < -0.4 is 0 Å². The van der Waals surface area contributed by atoms with E-state index in [1.165, 1.54) is 0 Å². The quantitative estimate of drug-likeness (QED) is 0.674. The predicted molar refractivity (Wildman–Crippen MR) is 80.0 cm³/mol. The molecule has 3 rings (SSSR count). The van der Waals surface area contributed by atoms with Gasteiger partial charge < -0.3 is 0 Å². The van der Waals surface area contributed by atoms with Crippen molar-refractivity contribution in [2.45, 2.75) is 0 Å². The van der Waals surface area contributed by atoms with E-state index in [4.69, 9.17) is 0 Å². The maximum Gasteiger partial charge on any atom is 0.153 e. The highest BCUT2D eigenvalue weighted by atomic mass is 79.9. The smallest absolute Gasteiger partial charge is 0.153 e. The average Bonchev–Trinajstić information content (AvgIpc) is 3.08. The Morgan fingerprint density at radius 1 is 1.21 bits per heavy atom. The van der Waals surface area contributed by atoms with Gasteiger partial charge in [-0.2, -0.15) is 5.10 Å². The topological polar surface area (TPSA) is 34.9 Å². The fourth-order valence-corrected chi connectivity index (χ4v) is 3.04. The molecule has 2 aromatic heterocycles. The fourth-order valence-electron chi connectivity index (χ4n) is 1.84. The van der Waals surface area contributed by atoms with Gasteiger partial charge in [0.25, 0.3) is 0 Å². The van der Waals surface area contributed by atoms with Crippen LogP contribution in [0.4, 0.5) is 0 Å². The number of para-hydroxylation sites is 1. The lowest BCUT2D eigenvalue weighted by molar-refractivity contribution is 0.112. The van der Waals surface area contributed by atoms with E-state index in [1.807, 2.05) is 41.8 Å². The molecule has 0 fully saturated rings. The standard InChI is InChI=1S/C14H9BrN2OS/c15-11-4-1-2-5-12(11)17-8-10(9-18)14(16-17)13-6-3-7-19-13/h1-9H. The number of rotatable bonds is 3. The minimum absolute atomic E-state index is 0.596. The summed E-state index contributed by atoms with van der Waals surface area (Å²) in [5, 5.41) is 6.49. The molecule has 0 N–H and O–H groups in total. The van der Waals surface area contributed by atoms with E-state index >= 15 is 0 Å². The van der Waals surface area contributed by atoms with Crippen LogP contribution in [0, 0.1) is 0 Å². The van der Waals surface area contributed by atoms with Crippen LogP contribution in [-0.4, -0.2) is 16.1 Å². The van der Waals surface area contributed by atoms with Gasteiger partial charge in [0.2, 0.25) is 0 Å². The zero-order valence-electron chi connectivity index (χ0n) is 9.79. The Hall–Kier alpha value is -1.72. The summed E-state index contributed by atoms with van der Waals surface area (Å²) in [6.07, 6.45) is 2.59. The summed E-state index contributed by atoms with van der Waals surface area (Å²) in [7, 11) is 0. The summed E-state index contributed by atoms with van der Waals surface area (Å²) in [6, 6.07) is 11.7. The van der Waals surface area contributed by atoms with Crippen LogP contribution in [0.25, 0.3) is 16.3 Å². The van der Waals surface area contributed by atoms with Crippen LogP contribution in [-0.2, 0) is 0 Å². The summed E-state index contributed by atoms with van der Waals surface area (Å²) >= 11 is 5.06. The third-order valence-electron chi connectivity index (χ3n) is 2.72. The number of aldehydes is 1. The first-order chi connectivity index (χ1) is 9.29. The van der Waals surface area contributed by atoms with Crippen molar-refractivity contribution in [3.63, 3.8) is 0 Å². The van der Waals surface area contributed by atoms with Gasteiger partial charge in [-0.05, 0) is 39.5 Å². The lowest BCUT2D eigenvalue weighted by Gasteiger charge is -2.03. The number of nitrogens with zero attached hydrogens (tertiary/aromatic N) is 2. The van der Waals surface area contributed by atoms with E-state index in [1.54, 1.807) is 22.2 Å². The number of aromatic nitrogens is 2. The SMILES string of the molecule is O=Cc1cn(-c2ccccc2Br)nc1-c1cccs1. The molecule has 94 valence electrons. The number of carbonyl (C=O) groups excluding carboxylic acids is 1. The fraction of sp³-hybridized carbons (Fsp3) is 0. The van der Waals surface area contributed by atoms with E-state index in [9.17, 15) is 4.79 Å². The molecule has 5 heteroatoms. The number of hydrogen-bond donors (Lipinski definition) is 0. The van der Waals surface area contributed by atoms with Gasteiger partial charge in [-0.1, -0.05) is 18.2 Å². The van der Waals surface area contributed by atoms with E-state index in [2.05, 4.69) is 21.0 Å². The van der Waals surface area contributed by atoms with Gasteiger partial charge in [-0.3, -0.25) is 4.79 Å². The molecular formula is C14H9BrN2OS. The molecule has 2 heterocycles. The van der Waals surface area contributed by atoms with Gasteiger partial charge >= 0.3 is 0 Å². The van der Waals surface area contributed by atoms with Gasteiger partial charge in [0.15, 0.2) is 6.29 Å². The number of thiophene rings is 1. The first kappa shape index (κ1) is 12.3. The van der Waals surface area contributed by atoms with Crippen molar-refractivity contribution in [1.82, 2.24) is 9.78 Å². The molecule has 0 bridgehead atoms. The Morgan fingerprint density at radius 3 is 2.74 bits per heavy atom. The highest BCUT2D eigenvalue weighted by molar-refractivity contribution is 9.10. The minimum Gasteiger partial charge on any atom is -0.298 e. The molecule has 0 unspecified atom stereocenters. The van der Waals surface area contributed by atoms with Gasteiger partial charge in [-0.15, -0.1) is 11.3 Å². The van der Waals surface area contributed by atoms with E-state index in [-0.39, 0.29) is 0 Å². The molecule has 19 heavy (non-hydrogen) atoms. The molecule has 1 aromatic carbocycles. The van der Waals surface area contributed by atoms with Crippen molar-refractivity contribution in [2.75, 3.05) is 0 Å². The van der Waals surface area contributed by atoms with E-state index < -0.39 is 0 Å². The molecule has 0 amide bonds. The Bertz CT molecular complexity index is 719. The zero-order chi connectivity index (χ0) is 13.2. The van der Waals surface area contributed by atoms with Crippen molar-refractivity contribution in [3.8, 4) is 16.3 Å². The molecule has 0 atom stereocenters. The van der Waals surface area contributed by atoms with Crippen molar-refractivity contribution >= 4 is 33.6 Å². The number of halogens is 1. The van der Waals surface area contributed by atoms with Gasteiger partial charge in [0.1, 0.15) is 5.69 Å². The van der Waals surface area contributed by atoms with Crippen molar-refractivity contribution in [3.05, 3.63) is 58.0 Å². The second-order valence-corrected chi connectivity index (χ2v) is 5.73. The maximum atomic E-state index is 11.2. The van der Waals surface area contributed by atoms with Crippen molar-refractivity contribution in [1.29, 1.82) is 0 Å². The van der Waals surface area contributed by atoms with Crippen LogP contribution in [0.15, 0.2) is 52.4 Å². The Kier molecular flexibility index (Phi) is 3.31. The van der Waals surface area contributed by atoms with Crippen molar-refractivity contribution < 1.29 is 4.79 Å². The van der Waals surface area contributed by atoms with Crippen LogP contribution >= 0.6 is 27.3 Å². The van der Waals surface area contributed by atoms with E-state index in [0.717, 1.165) is 27.0 Å². The second kappa shape index (κ2) is 5.11. The molecule has 0 saturated carbocycles. The summed E-state index contributed by atoms with van der Waals surface area (Å²) in [5.74, 6) is 0. The lowest BCUT2D eigenvalue weighted by Crippen LogP contribution is -1.95. The molecule has 0 aliphatic heterocycles. The predicted octanol–water partition coefficient (Wildman–Crippen LogP) is 4.18. The van der Waals surface area contributed by atoms with Crippen molar-refractivity contribution in [2.24, 2.45) is 0 Å². The number of carbonyl (C=O) groups is 1. The molecule has 0 aliphatic carbocycles. The lowest BCUT2D eigenvalue weighted by atomic mass is 10.2. The second-order valence-electron chi connectivity index (χ2n) is 3.92. The summed E-state index contributed by atoms with van der Waals surface area (Å²) in [4.78, 5) is 12.2. The first-order valence-corrected chi connectivity index (χ1v) is 7.30. The third kappa shape index (κ3) is 2.27. The number of benzene rings is 1. The van der Waals surface area contributed by atoms with Crippen LogP contribution in [0.2, 0.25) is 0 Å². The average molecular weight is 333 g/mol. The zero-order valence-corrected chi connectivity index (χ0v) is 12.2. The number of hydrogen-bond acceptors (Lipinski definition) is 3. The van der Waals surface area contributed by atoms with Gasteiger partial charge in [0.05, 0.1) is 16.1 Å². The van der Waals surface area contributed by atoms with Crippen LogP contribution in [0.1, 0.15) is 10.4 Å². The highest BCUT2D eigenvalue weighted by Gasteiger charge is 2.13. The Morgan fingerprint density at radius 2 is 2.05 bits per heavy atom. The summed E-state index contributed by atoms with van der Waals surface area (Å²) in [6.45, 7) is 0. The normalized spacial score (nSPS) is 10.6. The molecular weight excluding hydrogens is 324 g/mol. The molecule has 0 spiro atoms. The van der Waals surface area contributed by atoms with Crippen LogP contribution in [0.5, 0.6) is 0 Å². The molecule has 3 nitrogen and oxygen atoms in total. The largest absolute Gasteiger partial charge is 0.298 e. The maximum absolute atomic E-state index is 11.2. The molecule has 0 radical (unpaired) electrons. The summed E-state index contributed by atoms with van der Waals surface area (Å²) in [5.41, 5.74) is 2.23. The monoisotopic (exact) mass is 332 g/mol. The summed E-state index contributed by atoms with van der Waals surface area (Å²) < 4.78 is 2.66. The molecule has 0 saturated heterocycles. The Balaban J connectivity index is 2.15. The first-order valence-electron chi connectivity index (χ1n) is 5.63. The third-order valence-corrected chi connectivity index (χ3v) is 4.27. The highest BCUT2D eigenvalue weighted by Crippen LogP contribution is 2.28. The minimum atomic E-state index is 0.596. The van der Waals surface area contributed by atoms with Gasteiger partial charge in [-0.25, -0.2) is 4.68 Å².